The summed E-state index contributed by atoms with van der Waals surface area (Å²) in [6, 6.07) is 22.8. The number of aromatic nitrogens is 2. The zero-order valence-corrected chi connectivity index (χ0v) is 23.8. The normalized spacial score (nSPS) is 18.0. The summed E-state index contributed by atoms with van der Waals surface area (Å²) in [5.74, 6) is 0.449. The van der Waals surface area contributed by atoms with Crippen molar-refractivity contribution in [1.29, 1.82) is 0 Å². The molecule has 1 fully saturated rings. The number of nitrogens with one attached hydrogen (secondary N) is 1. The largest absolute Gasteiger partial charge is 0.492 e. The van der Waals surface area contributed by atoms with E-state index >= 15 is 0 Å². The molecule has 2 aliphatic heterocycles. The molecule has 1 saturated heterocycles. The van der Waals surface area contributed by atoms with E-state index in [9.17, 15) is 9.59 Å². The van der Waals surface area contributed by atoms with Gasteiger partial charge in [-0.3, -0.25) is 14.6 Å². The predicted octanol–water partition coefficient (Wildman–Crippen LogP) is 5.53. The zero-order chi connectivity index (χ0) is 28.8. The lowest BCUT2D eigenvalue weighted by Gasteiger charge is -2.42. The topological polar surface area (TPSA) is 93.7 Å². The molecule has 0 aliphatic carbocycles. The lowest BCUT2D eigenvalue weighted by molar-refractivity contribution is 0.0342. The number of pyridine rings is 2. The van der Waals surface area contributed by atoms with Crippen molar-refractivity contribution in [2.24, 2.45) is 5.41 Å². The number of carbonyl (C=O) groups excluding carboxylic acids is 2. The molecule has 2 aliphatic rings. The SMILES string of the molecule is O=C1NCCOCCCCC2(CCN(C(=O)c3cc(-c4ccccn4)nc4ccccc34)CC2)COc2ccccc21. The van der Waals surface area contributed by atoms with Crippen LogP contribution in [0.2, 0.25) is 0 Å². The Morgan fingerprint density at radius 2 is 1.69 bits per heavy atom. The monoisotopic (exact) mass is 564 g/mol. The van der Waals surface area contributed by atoms with E-state index in [2.05, 4.69) is 10.3 Å². The number of nitrogens with zero attached hydrogens (tertiary/aromatic N) is 3. The van der Waals surface area contributed by atoms with Gasteiger partial charge < -0.3 is 19.7 Å². The minimum atomic E-state index is -0.157. The average molecular weight is 565 g/mol. The first kappa shape index (κ1) is 27.8. The van der Waals surface area contributed by atoms with E-state index in [1.807, 2.05) is 71.6 Å². The summed E-state index contributed by atoms with van der Waals surface area (Å²) in [5, 5.41) is 3.77. The number of carbonyl (C=O) groups is 2. The molecule has 6 rings (SSSR count). The predicted molar refractivity (Wildman–Crippen MR) is 161 cm³/mol. The lowest BCUT2D eigenvalue weighted by Crippen LogP contribution is -2.45. The highest BCUT2D eigenvalue weighted by Crippen LogP contribution is 2.39. The van der Waals surface area contributed by atoms with Crippen LogP contribution in [0.1, 0.15) is 52.8 Å². The summed E-state index contributed by atoms with van der Waals surface area (Å²) in [6.45, 7) is 3.40. The molecule has 2 amide bonds. The Bertz CT molecular complexity index is 1550. The van der Waals surface area contributed by atoms with Crippen LogP contribution >= 0.6 is 0 Å². The third kappa shape index (κ3) is 6.14. The van der Waals surface area contributed by atoms with Crippen LogP contribution in [0.5, 0.6) is 5.75 Å². The molecule has 4 aromatic rings. The molecular formula is C34H36N4O4. The van der Waals surface area contributed by atoms with Gasteiger partial charge in [0.25, 0.3) is 11.8 Å². The number of piperidine rings is 1. The molecule has 2 aromatic carbocycles. The molecule has 0 bridgehead atoms. The van der Waals surface area contributed by atoms with Gasteiger partial charge in [0, 0.05) is 43.2 Å². The van der Waals surface area contributed by atoms with E-state index in [0.29, 0.717) is 62.0 Å². The van der Waals surface area contributed by atoms with Crippen LogP contribution in [0.25, 0.3) is 22.3 Å². The van der Waals surface area contributed by atoms with Gasteiger partial charge in [0.15, 0.2) is 0 Å². The Kier molecular flexibility index (Phi) is 8.42. The van der Waals surface area contributed by atoms with Gasteiger partial charge in [0.05, 0.1) is 41.2 Å². The highest BCUT2D eigenvalue weighted by atomic mass is 16.5. The molecule has 0 radical (unpaired) electrons. The third-order valence-corrected chi connectivity index (χ3v) is 8.43. The van der Waals surface area contributed by atoms with Crippen molar-refractivity contribution in [3.8, 4) is 17.1 Å². The zero-order valence-electron chi connectivity index (χ0n) is 23.8. The highest BCUT2D eigenvalue weighted by Gasteiger charge is 2.37. The maximum absolute atomic E-state index is 14.0. The second kappa shape index (κ2) is 12.7. The summed E-state index contributed by atoms with van der Waals surface area (Å²) < 4.78 is 12.1. The van der Waals surface area contributed by atoms with Gasteiger partial charge in [0.1, 0.15) is 5.75 Å². The van der Waals surface area contributed by atoms with Crippen LogP contribution in [0.3, 0.4) is 0 Å². The molecule has 0 saturated carbocycles. The Morgan fingerprint density at radius 3 is 2.55 bits per heavy atom. The third-order valence-electron chi connectivity index (χ3n) is 8.43. The maximum Gasteiger partial charge on any atom is 0.255 e. The van der Waals surface area contributed by atoms with Gasteiger partial charge in [0.2, 0.25) is 0 Å². The number of hydrogen-bond acceptors (Lipinski definition) is 6. The van der Waals surface area contributed by atoms with Crippen molar-refractivity contribution in [3.05, 3.63) is 90.1 Å². The summed E-state index contributed by atoms with van der Waals surface area (Å²) in [5.41, 5.74) is 3.30. The standard InChI is InChI=1S/C34H36N4O4/c39-32-26-10-2-4-13-31(26)42-24-34(14-6-8-21-41-22-18-36-32)15-19-38(20-16-34)33(40)27-23-30(29-12-5-7-17-35-29)37-28-11-3-1-9-25(27)28/h1-5,7,9-13,17,23H,6,8,14-16,18-22,24H2,(H,36,39). The number of amides is 2. The van der Waals surface area contributed by atoms with E-state index in [0.717, 1.165) is 48.7 Å². The van der Waals surface area contributed by atoms with Crippen molar-refractivity contribution >= 4 is 22.7 Å². The summed E-state index contributed by atoms with van der Waals surface area (Å²) in [7, 11) is 0. The van der Waals surface area contributed by atoms with E-state index < -0.39 is 0 Å². The highest BCUT2D eigenvalue weighted by molar-refractivity contribution is 6.07. The van der Waals surface area contributed by atoms with Crippen molar-refractivity contribution < 1.29 is 19.1 Å². The molecular weight excluding hydrogens is 528 g/mol. The molecule has 1 N–H and O–H groups in total. The molecule has 8 nitrogen and oxygen atoms in total. The van der Waals surface area contributed by atoms with Crippen molar-refractivity contribution in [1.82, 2.24) is 20.2 Å². The number of likely N-dealkylation sites (tertiary alicyclic amines) is 1. The van der Waals surface area contributed by atoms with Gasteiger partial charge in [-0.15, -0.1) is 0 Å². The van der Waals surface area contributed by atoms with Crippen LogP contribution in [-0.2, 0) is 4.74 Å². The van der Waals surface area contributed by atoms with Gasteiger partial charge in [-0.1, -0.05) is 42.8 Å². The Balaban J connectivity index is 1.23. The first-order valence-electron chi connectivity index (χ1n) is 14.8. The van der Waals surface area contributed by atoms with Crippen molar-refractivity contribution in [2.45, 2.75) is 32.1 Å². The van der Waals surface area contributed by atoms with Crippen LogP contribution in [0.4, 0.5) is 0 Å². The summed E-state index contributed by atoms with van der Waals surface area (Å²) in [6.07, 6.45) is 6.34. The van der Waals surface area contributed by atoms with Crippen molar-refractivity contribution in [3.63, 3.8) is 0 Å². The number of para-hydroxylation sites is 2. The molecule has 0 unspecified atom stereocenters. The molecule has 42 heavy (non-hydrogen) atoms. The smallest absolute Gasteiger partial charge is 0.255 e. The Hall–Kier alpha value is -4.30. The van der Waals surface area contributed by atoms with E-state index in [-0.39, 0.29) is 17.2 Å². The fraction of sp³-hybridized carbons (Fsp3) is 0.353. The van der Waals surface area contributed by atoms with Crippen LogP contribution in [0.15, 0.2) is 79.0 Å². The number of fused-ring (bicyclic) bond motifs is 2. The van der Waals surface area contributed by atoms with Gasteiger partial charge in [-0.25, -0.2) is 4.98 Å². The molecule has 216 valence electrons. The summed E-state index contributed by atoms with van der Waals surface area (Å²) >= 11 is 0. The molecule has 8 heteroatoms. The molecule has 4 heterocycles. The van der Waals surface area contributed by atoms with Crippen molar-refractivity contribution in [2.75, 3.05) is 39.5 Å². The fourth-order valence-electron chi connectivity index (χ4n) is 5.97. The van der Waals surface area contributed by atoms with Crippen LogP contribution in [-0.4, -0.2) is 66.1 Å². The average Bonchev–Trinajstić information content (AvgIpc) is 3.04. The molecule has 2 aromatic heterocycles. The van der Waals surface area contributed by atoms with Crippen LogP contribution < -0.4 is 10.1 Å². The lowest BCUT2D eigenvalue weighted by atomic mass is 9.75. The second-order valence-corrected chi connectivity index (χ2v) is 11.2. The van der Waals surface area contributed by atoms with Gasteiger partial charge >= 0.3 is 0 Å². The second-order valence-electron chi connectivity index (χ2n) is 11.2. The minimum absolute atomic E-state index is 0.0119. The quantitative estimate of drug-likeness (QED) is 0.344. The minimum Gasteiger partial charge on any atom is -0.492 e. The van der Waals surface area contributed by atoms with E-state index in [4.69, 9.17) is 14.5 Å². The number of hydrogen-bond donors (Lipinski definition) is 1. The first-order valence-corrected chi connectivity index (χ1v) is 14.8. The van der Waals surface area contributed by atoms with E-state index in [1.54, 1.807) is 12.3 Å². The van der Waals surface area contributed by atoms with Gasteiger partial charge in [-0.05, 0) is 62.1 Å². The van der Waals surface area contributed by atoms with Crippen LogP contribution in [0, 0.1) is 5.41 Å². The molecule has 1 spiro atoms. The Morgan fingerprint density at radius 1 is 0.881 bits per heavy atom. The number of ether oxygens (including phenoxy) is 2. The Labute approximate surface area is 246 Å². The maximum atomic E-state index is 14.0. The van der Waals surface area contributed by atoms with Gasteiger partial charge in [-0.2, -0.15) is 0 Å². The number of benzene rings is 2. The molecule has 0 atom stereocenters. The summed E-state index contributed by atoms with van der Waals surface area (Å²) in [4.78, 5) is 38.1. The fourth-order valence-corrected chi connectivity index (χ4v) is 5.97. The first-order chi connectivity index (χ1) is 20.6. The van der Waals surface area contributed by atoms with E-state index in [1.165, 1.54) is 0 Å². The number of rotatable bonds is 2.